The molecule has 0 amide bonds. The van der Waals surface area contributed by atoms with Crippen molar-refractivity contribution in [1.82, 2.24) is 10.2 Å². The Bertz CT molecular complexity index is 775. The van der Waals surface area contributed by atoms with E-state index in [4.69, 9.17) is 9.15 Å². The highest BCUT2D eigenvalue weighted by Gasteiger charge is 2.13. The molecule has 5 nitrogen and oxygen atoms in total. The second-order valence-corrected chi connectivity index (χ2v) is 4.55. The fourth-order valence-corrected chi connectivity index (χ4v) is 2.10. The first-order valence-corrected chi connectivity index (χ1v) is 6.74. The van der Waals surface area contributed by atoms with Crippen LogP contribution < -0.4 is 0 Å². The van der Waals surface area contributed by atoms with Gasteiger partial charge in [-0.05, 0) is 16.8 Å². The van der Waals surface area contributed by atoms with Gasteiger partial charge < -0.3 is 9.15 Å². The number of benzene rings is 2. The van der Waals surface area contributed by atoms with Gasteiger partial charge in [-0.2, -0.15) is 0 Å². The summed E-state index contributed by atoms with van der Waals surface area (Å²) in [6, 6.07) is 13.2. The smallest absolute Gasteiger partial charge is 0.339 e. The van der Waals surface area contributed by atoms with E-state index in [2.05, 4.69) is 10.2 Å². The van der Waals surface area contributed by atoms with Crippen molar-refractivity contribution in [3.05, 3.63) is 59.8 Å². The minimum absolute atomic E-state index is 0.0188. The summed E-state index contributed by atoms with van der Waals surface area (Å²) >= 11 is 0. The predicted molar refractivity (Wildman–Crippen MR) is 76.7 cm³/mol. The maximum atomic E-state index is 12.2. The third-order valence-electron chi connectivity index (χ3n) is 3.15. The van der Waals surface area contributed by atoms with Crippen LogP contribution in [0.5, 0.6) is 0 Å². The number of fused-ring (bicyclic) bond motifs is 1. The zero-order chi connectivity index (χ0) is 14.7. The monoisotopic (exact) mass is 282 g/mol. The number of hydrogen-bond acceptors (Lipinski definition) is 5. The average molecular weight is 282 g/mol. The molecule has 21 heavy (non-hydrogen) atoms. The van der Waals surface area contributed by atoms with E-state index >= 15 is 0 Å². The molecule has 0 bridgehead atoms. The molecule has 0 radical (unpaired) electrons. The number of rotatable bonds is 4. The second-order valence-electron chi connectivity index (χ2n) is 4.55. The van der Waals surface area contributed by atoms with Crippen LogP contribution in [0, 0.1) is 0 Å². The number of aromatic nitrogens is 2. The highest BCUT2D eigenvalue weighted by molar-refractivity contribution is 6.04. The molecule has 106 valence electrons. The fourth-order valence-electron chi connectivity index (χ4n) is 2.10. The van der Waals surface area contributed by atoms with Gasteiger partial charge in [-0.3, -0.25) is 0 Å². The molecule has 0 aliphatic heterocycles. The molecule has 2 aromatic carbocycles. The van der Waals surface area contributed by atoms with Crippen molar-refractivity contribution in [3.8, 4) is 0 Å². The predicted octanol–water partition coefficient (Wildman–Crippen LogP) is 3.14. The van der Waals surface area contributed by atoms with E-state index in [1.54, 1.807) is 6.07 Å². The zero-order valence-corrected chi connectivity index (χ0v) is 11.6. The number of nitrogens with zero attached hydrogens (tertiary/aromatic N) is 2. The molecule has 1 heterocycles. The minimum Gasteiger partial charge on any atom is -0.452 e. The Morgan fingerprint density at radius 1 is 1.10 bits per heavy atom. The van der Waals surface area contributed by atoms with E-state index in [1.807, 2.05) is 43.3 Å². The lowest BCUT2D eigenvalue weighted by molar-refractivity contribution is 0.0439. The molecule has 0 saturated heterocycles. The van der Waals surface area contributed by atoms with Crippen molar-refractivity contribution >= 4 is 16.7 Å². The van der Waals surface area contributed by atoms with E-state index in [9.17, 15) is 4.79 Å². The van der Waals surface area contributed by atoms with Crippen LogP contribution in [0.2, 0.25) is 0 Å². The Hall–Kier alpha value is -2.69. The minimum atomic E-state index is -0.400. The van der Waals surface area contributed by atoms with Gasteiger partial charge in [0.1, 0.15) is 0 Å². The van der Waals surface area contributed by atoms with E-state index < -0.39 is 5.97 Å². The number of carbonyl (C=O) groups excluding carboxylic acids is 1. The third-order valence-corrected chi connectivity index (χ3v) is 3.15. The first kappa shape index (κ1) is 13.3. The summed E-state index contributed by atoms with van der Waals surface area (Å²) < 4.78 is 10.6. The fraction of sp³-hybridized carbons (Fsp3) is 0.188. The number of aryl methyl sites for hydroxylation is 1. The van der Waals surface area contributed by atoms with Crippen LogP contribution in [0.25, 0.3) is 10.8 Å². The average Bonchev–Trinajstić information content (AvgIpc) is 3.00. The molecule has 0 atom stereocenters. The number of ether oxygens (including phenoxy) is 1. The molecule has 0 fully saturated rings. The molecular formula is C16H14N2O3. The first-order chi connectivity index (χ1) is 10.3. The second kappa shape index (κ2) is 5.75. The molecule has 0 spiro atoms. The van der Waals surface area contributed by atoms with Gasteiger partial charge in [0.2, 0.25) is 5.89 Å². The Morgan fingerprint density at radius 2 is 1.86 bits per heavy atom. The highest BCUT2D eigenvalue weighted by Crippen LogP contribution is 2.19. The summed E-state index contributed by atoms with van der Waals surface area (Å²) in [5.74, 6) is 0.440. The summed E-state index contributed by atoms with van der Waals surface area (Å²) in [4.78, 5) is 12.2. The molecule has 0 aliphatic carbocycles. The first-order valence-electron chi connectivity index (χ1n) is 6.74. The lowest BCUT2D eigenvalue weighted by Crippen LogP contribution is -2.06. The van der Waals surface area contributed by atoms with Gasteiger partial charge >= 0.3 is 5.97 Å². The Morgan fingerprint density at radius 3 is 2.67 bits per heavy atom. The van der Waals surface area contributed by atoms with Crippen molar-refractivity contribution in [2.24, 2.45) is 0 Å². The Kier molecular flexibility index (Phi) is 3.64. The molecule has 0 N–H and O–H groups in total. The standard InChI is InChI=1S/C16H14N2O3/c1-2-14-17-18-15(21-14)10-20-16(19)13-9-5-7-11-6-3-4-8-12(11)13/h3-9H,2,10H2,1H3. The van der Waals surface area contributed by atoms with Crippen molar-refractivity contribution in [1.29, 1.82) is 0 Å². The van der Waals surface area contributed by atoms with Crippen LogP contribution in [0.4, 0.5) is 0 Å². The molecule has 5 heteroatoms. The molecule has 3 aromatic rings. The third kappa shape index (κ3) is 2.76. The van der Waals surface area contributed by atoms with Crippen LogP contribution in [0.1, 0.15) is 29.1 Å². The topological polar surface area (TPSA) is 65.2 Å². The van der Waals surface area contributed by atoms with Crippen LogP contribution in [0.15, 0.2) is 46.9 Å². The van der Waals surface area contributed by atoms with Crippen LogP contribution in [0.3, 0.4) is 0 Å². The normalized spacial score (nSPS) is 10.7. The van der Waals surface area contributed by atoms with Gasteiger partial charge in [-0.1, -0.05) is 43.3 Å². The maximum Gasteiger partial charge on any atom is 0.339 e. The van der Waals surface area contributed by atoms with Crippen LogP contribution >= 0.6 is 0 Å². The molecule has 0 unspecified atom stereocenters. The summed E-state index contributed by atoms with van der Waals surface area (Å²) in [5, 5.41) is 9.51. The molecule has 0 aliphatic rings. The largest absolute Gasteiger partial charge is 0.452 e. The van der Waals surface area contributed by atoms with Gasteiger partial charge in [-0.25, -0.2) is 4.79 Å². The lowest BCUT2D eigenvalue weighted by Gasteiger charge is -2.05. The quantitative estimate of drug-likeness (QED) is 0.688. The van der Waals surface area contributed by atoms with Crippen molar-refractivity contribution < 1.29 is 13.9 Å². The summed E-state index contributed by atoms with van der Waals surface area (Å²) in [7, 11) is 0. The summed E-state index contributed by atoms with van der Waals surface area (Å²) in [6.07, 6.45) is 0.657. The van der Waals surface area contributed by atoms with Crippen molar-refractivity contribution in [3.63, 3.8) is 0 Å². The van der Waals surface area contributed by atoms with Gasteiger partial charge in [0.15, 0.2) is 6.61 Å². The van der Waals surface area contributed by atoms with E-state index in [1.165, 1.54) is 0 Å². The SMILES string of the molecule is CCc1nnc(COC(=O)c2cccc3ccccc23)o1. The van der Waals surface area contributed by atoms with Crippen LogP contribution in [-0.2, 0) is 17.8 Å². The lowest BCUT2D eigenvalue weighted by atomic mass is 10.1. The summed E-state index contributed by atoms with van der Waals surface area (Å²) in [6.45, 7) is 1.90. The van der Waals surface area contributed by atoms with Crippen molar-refractivity contribution in [2.45, 2.75) is 20.0 Å². The number of esters is 1. The zero-order valence-electron chi connectivity index (χ0n) is 11.6. The molecular weight excluding hydrogens is 268 g/mol. The van der Waals surface area contributed by atoms with E-state index in [0.717, 1.165) is 10.8 Å². The van der Waals surface area contributed by atoms with E-state index in [-0.39, 0.29) is 6.61 Å². The molecule has 0 saturated carbocycles. The Labute approximate surface area is 121 Å². The summed E-state index contributed by atoms with van der Waals surface area (Å²) in [5.41, 5.74) is 0.531. The maximum absolute atomic E-state index is 12.2. The van der Waals surface area contributed by atoms with Crippen LogP contribution in [-0.4, -0.2) is 16.2 Å². The van der Waals surface area contributed by atoms with Gasteiger partial charge in [0.05, 0.1) is 5.56 Å². The van der Waals surface area contributed by atoms with Gasteiger partial charge in [-0.15, -0.1) is 10.2 Å². The van der Waals surface area contributed by atoms with Gasteiger partial charge in [0.25, 0.3) is 5.89 Å². The molecule has 1 aromatic heterocycles. The van der Waals surface area contributed by atoms with Crippen molar-refractivity contribution in [2.75, 3.05) is 0 Å². The highest BCUT2D eigenvalue weighted by atomic mass is 16.5. The molecule has 3 rings (SSSR count). The Balaban J connectivity index is 1.78. The van der Waals surface area contributed by atoms with E-state index in [0.29, 0.717) is 23.8 Å². The van der Waals surface area contributed by atoms with Gasteiger partial charge in [0, 0.05) is 6.42 Å². The number of carbonyl (C=O) groups is 1. The number of hydrogen-bond donors (Lipinski definition) is 0.